The number of ether oxygens (including phenoxy) is 2. The van der Waals surface area contributed by atoms with Gasteiger partial charge in [-0.15, -0.1) is 12.4 Å². The molecular formula is C12H16ClF2NO2. The van der Waals surface area contributed by atoms with E-state index in [0.29, 0.717) is 24.5 Å². The van der Waals surface area contributed by atoms with Crippen molar-refractivity contribution in [2.75, 3.05) is 20.8 Å². The smallest absolute Gasteiger partial charge is 0.271 e. The first-order chi connectivity index (χ1) is 8.12. The van der Waals surface area contributed by atoms with Crippen LogP contribution in [-0.2, 0) is 6.42 Å². The molecule has 0 atom stereocenters. The van der Waals surface area contributed by atoms with Crippen molar-refractivity contribution in [2.45, 2.75) is 6.42 Å². The average molecular weight is 280 g/mol. The summed E-state index contributed by atoms with van der Waals surface area (Å²) in [6.45, 7) is 0.471. The van der Waals surface area contributed by atoms with Gasteiger partial charge in [-0.2, -0.15) is 8.78 Å². The summed E-state index contributed by atoms with van der Waals surface area (Å²) >= 11 is 0. The van der Waals surface area contributed by atoms with Crippen LogP contribution in [0.15, 0.2) is 18.2 Å². The molecule has 6 heteroatoms. The first kappa shape index (κ1) is 16.7. The van der Waals surface area contributed by atoms with Crippen LogP contribution in [0.5, 0.6) is 11.5 Å². The molecule has 0 bridgehead atoms. The lowest BCUT2D eigenvalue weighted by Gasteiger charge is -2.12. The molecule has 0 aromatic heterocycles. The first-order valence-corrected chi connectivity index (χ1v) is 5.10. The lowest BCUT2D eigenvalue weighted by Crippen LogP contribution is -2.04. The third-order valence-corrected chi connectivity index (χ3v) is 2.29. The van der Waals surface area contributed by atoms with Gasteiger partial charge in [0.1, 0.15) is 11.5 Å². The Kier molecular flexibility index (Phi) is 7.31. The summed E-state index contributed by atoms with van der Waals surface area (Å²) in [6.07, 6.45) is -0.438. The van der Waals surface area contributed by atoms with Crippen LogP contribution in [0.2, 0.25) is 0 Å². The lowest BCUT2D eigenvalue weighted by molar-refractivity contribution is 0.389. The maximum absolute atomic E-state index is 12.3. The third-order valence-electron chi connectivity index (χ3n) is 2.29. The lowest BCUT2D eigenvalue weighted by atomic mass is 10.1. The minimum absolute atomic E-state index is 0. The van der Waals surface area contributed by atoms with Gasteiger partial charge in [0.05, 0.1) is 19.8 Å². The molecule has 0 aliphatic carbocycles. The third kappa shape index (κ3) is 4.16. The van der Waals surface area contributed by atoms with Gasteiger partial charge in [0.2, 0.25) is 0 Å². The van der Waals surface area contributed by atoms with E-state index in [-0.39, 0.29) is 18.0 Å². The van der Waals surface area contributed by atoms with E-state index in [4.69, 9.17) is 15.2 Å². The molecule has 0 spiro atoms. The van der Waals surface area contributed by atoms with Crippen molar-refractivity contribution in [3.63, 3.8) is 0 Å². The maximum atomic E-state index is 12.3. The summed E-state index contributed by atoms with van der Waals surface area (Å²) in [7, 11) is 2.85. The standard InChI is InChI=1S/C12H15F2NO2.ClH/c1-16-10-5-8(3-4-15)6-11(17-2)9(10)7-12(13)14;/h5-7H,3-4,15H2,1-2H3;1H. The van der Waals surface area contributed by atoms with Crippen molar-refractivity contribution in [1.82, 2.24) is 0 Å². The fraction of sp³-hybridized carbons (Fsp3) is 0.333. The fourth-order valence-electron chi connectivity index (χ4n) is 1.56. The maximum Gasteiger partial charge on any atom is 0.271 e. The Morgan fingerprint density at radius 3 is 2.06 bits per heavy atom. The Labute approximate surface area is 111 Å². The van der Waals surface area contributed by atoms with Crippen molar-refractivity contribution in [2.24, 2.45) is 5.73 Å². The highest BCUT2D eigenvalue weighted by molar-refractivity contribution is 5.85. The van der Waals surface area contributed by atoms with E-state index in [0.717, 1.165) is 11.6 Å². The molecule has 2 N–H and O–H groups in total. The molecule has 0 radical (unpaired) electrons. The zero-order valence-electron chi connectivity index (χ0n) is 10.2. The largest absolute Gasteiger partial charge is 0.496 e. The number of benzene rings is 1. The van der Waals surface area contributed by atoms with E-state index >= 15 is 0 Å². The molecule has 0 aliphatic heterocycles. The Morgan fingerprint density at radius 2 is 1.72 bits per heavy atom. The summed E-state index contributed by atoms with van der Waals surface area (Å²) in [5.41, 5.74) is 6.57. The molecule has 0 amide bonds. The number of halogens is 3. The SMILES string of the molecule is COc1cc(CCN)cc(OC)c1C=C(F)F.Cl. The summed E-state index contributed by atoms with van der Waals surface area (Å²) in [5.74, 6) is 0.696. The fourth-order valence-corrected chi connectivity index (χ4v) is 1.56. The molecule has 18 heavy (non-hydrogen) atoms. The van der Waals surface area contributed by atoms with Gasteiger partial charge in [-0.05, 0) is 30.7 Å². The second kappa shape index (κ2) is 7.89. The quantitative estimate of drug-likeness (QED) is 0.901. The van der Waals surface area contributed by atoms with Crippen molar-refractivity contribution < 1.29 is 18.3 Å². The Bertz CT molecular complexity index is 396. The summed E-state index contributed by atoms with van der Waals surface area (Å²) < 4.78 is 34.8. The molecule has 1 aromatic carbocycles. The Morgan fingerprint density at radius 1 is 1.22 bits per heavy atom. The van der Waals surface area contributed by atoms with Gasteiger partial charge in [0.25, 0.3) is 6.08 Å². The highest BCUT2D eigenvalue weighted by Gasteiger charge is 2.11. The number of hydrogen-bond acceptors (Lipinski definition) is 3. The van der Waals surface area contributed by atoms with Crippen LogP contribution in [-0.4, -0.2) is 20.8 Å². The number of nitrogens with two attached hydrogens (primary N) is 1. The zero-order chi connectivity index (χ0) is 12.8. The zero-order valence-corrected chi connectivity index (χ0v) is 11.0. The molecule has 3 nitrogen and oxygen atoms in total. The van der Waals surface area contributed by atoms with E-state index in [1.165, 1.54) is 14.2 Å². The van der Waals surface area contributed by atoms with Crippen LogP contribution >= 0.6 is 12.4 Å². The van der Waals surface area contributed by atoms with Crippen LogP contribution < -0.4 is 15.2 Å². The first-order valence-electron chi connectivity index (χ1n) is 5.10. The Hall–Kier alpha value is -1.33. The van der Waals surface area contributed by atoms with Gasteiger partial charge in [-0.1, -0.05) is 0 Å². The van der Waals surface area contributed by atoms with Crippen molar-refractivity contribution in [3.8, 4) is 11.5 Å². The van der Waals surface area contributed by atoms with Gasteiger partial charge in [-0.25, -0.2) is 0 Å². The highest BCUT2D eigenvalue weighted by Crippen LogP contribution is 2.33. The number of rotatable bonds is 5. The van der Waals surface area contributed by atoms with Crippen molar-refractivity contribution in [1.29, 1.82) is 0 Å². The molecule has 0 aliphatic rings. The summed E-state index contributed by atoms with van der Waals surface area (Å²) in [6, 6.07) is 3.37. The molecular weight excluding hydrogens is 264 g/mol. The molecule has 1 aromatic rings. The van der Waals surface area contributed by atoms with E-state index in [9.17, 15) is 8.78 Å². The van der Waals surface area contributed by atoms with E-state index in [1.807, 2.05) is 0 Å². The predicted octanol–water partition coefficient (Wildman–Crippen LogP) is 2.86. The van der Waals surface area contributed by atoms with Gasteiger partial charge in [-0.3, -0.25) is 0 Å². The highest BCUT2D eigenvalue weighted by atomic mass is 35.5. The van der Waals surface area contributed by atoms with E-state index in [2.05, 4.69) is 0 Å². The van der Waals surface area contributed by atoms with E-state index in [1.54, 1.807) is 12.1 Å². The average Bonchev–Trinajstić information content (AvgIpc) is 2.30. The van der Waals surface area contributed by atoms with Crippen LogP contribution in [0.3, 0.4) is 0 Å². The van der Waals surface area contributed by atoms with Crippen LogP contribution in [0.4, 0.5) is 8.78 Å². The van der Waals surface area contributed by atoms with Gasteiger partial charge >= 0.3 is 0 Å². The summed E-state index contributed by atoms with van der Waals surface area (Å²) in [4.78, 5) is 0. The van der Waals surface area contributed by atoms with Crippen LogP contribution in [0, 0.1) is 0 Å². The molecule has 0 heterocycles. The van der Waals surface area contributed by atoms with Gasteiger partial charge < -0.3 is 15.2 Å². The molecule has 102 valence electrons. The summed E-state index contributed by atoms with van der Waals surface area (Å²) in [5, 5.41) is 0. The minimum Gasteiger partial charge on any atom is -0.496 e. The second-order valence-electron chi connectivity index (χ2n) is 3.39. The number of hydrogen-bond donors (Lipinski definition) is 1. The molecule has 0 unspecified atom stereocenters. The van der Waals surface area contributed by atoms with Gasteiger partial charge in [0, 0.05) is 6.08 Å². The van der Waals surface area contributed by atoms with Crippen LogP contribution in [0.1, 0.15) is 11.1 Å². The molecule has 1 rings (SSSR count). The molecule has 0 fully saturated rings. The normalized spacial score (nSPS) is 9.39. The predicted molar refractivity (Wildman–Crippen MR) is 69.7 cm³/mol. The Balaban J connectivity index is 0.00000289. The topological polar surface area (TPSA) is 44.5 Å². The molecule has 0 saturated heterocycles. The molecule has 0 saturated carbocycles. The van der Waals surface area contributed by atoms with Crippen LogP contribution in [0.25, 0.3) is 6.08 Å². The van der Waals surface area contributed by atoms with Gasteiger partial charge in [0.15, 0.2) is 0 Å². The van der Waals surface area contributed by atoms with E-state index < -0.39 is 6.08 Å². The monoisotopic (exact) mass is 279 g/mol. The second-order valence-corrected chi connectivity index (χ2v) is 3.39. The number of methoxy groups -OCH3 is 2. The van der Waals surface area contributed by atoms with Crippen molar-refractivity contribution in [3.05, 3.63) is 29.3 Å². The minimum atomic E-state index is -1.80. The van der Waals surface area contributed by atoms with Crippen molar-refractivity contribution >= 4 is 18.5 Å².